The molecule has 0 spiro atoms. The second kappa shape index (κ2) is 14.3. The molecule has 0 bridgehead atoms. The van der Waals surface area contributed by atoms with E-state index in [2.05, 4.69) is 45.4 Å². The molecule has 1 rings (SSSR count). The third-order valence-electron chi connectivity index (χ3n) is 5.76. The van der Waals surface area contributed by atoms with E-state index in [1.165, 1.54) is 89.3 Å². The Kier molecular flexibility index (Phi) is 12.8. The summed E-state index contributed by atoms with van der Waals surface area (Å²) in [4.78, 5) is 4.70. The highest BCUT2D eigenvalue weighted by Crippen LogP contribution is 2.30. The van der Waals surface area contributed by atoms with Gasteiger partial charge in [-0.1, -0.05) is 97.8 Å². The SMILES string of the molecule is CCCCCCCCCCCCCCC(c1nccn1C(C)C)C(C)C. The lowest BCUT2D eigenvalue weighted by molar-refractivity contribution is 0.400. The highest BCUT2D eigenvalue weighted by molar-refractivity contribution is 5.03. The molecule has 26 heavy (non-hydrogen) atoms. The summed E-state index contributed by atoms with van der Waals surface area (Å²) in [7, 11) is 0. The quantitative estimate of drug-likeness (QED) is 0.270. The smallest absolute Gasteiger partial charge is 0.112 e. The standard InChI is InChI=1S/C24H46N2/c1-6-7-8-9-10-11-12-13-14-15-16-17-18-23(21(2)3)24-25-19-20-26(24)22(4)5/h19-23H,6-18H2,1-5H3. The summed E-state index contributed by atoms with van der Waals surface area (Å²) >= 11 is 0. The third kappa shape index (κ3) is 9.24. The molecule has 1 atom stereocenters. The van der Waals surface area contributed by atoms with Crippen molar-refractivity contribution in [3.8, 4) is 0 Å². The molecule has 2 nitrogen and oxygen atoms in total. The average Bonchev–Trinajstić information content (AvgIpc) is 3.08. The van der Waals surface area contributed by atoms with Crippen LogP contribution in [0.3, 0.4) is 0 Å². The van der Waals surface area contributed by atoms with Gasteiger partial charge in [-0.3, -0.25) is 0 Å². The first kappa shape index (κ1) is 23.2. The van der Waals surface area contributed by atoms with Crippen molar-refractivity contribution < 1.29 is 0 Å². The van der Waals surface area contributed by atoms with E-state index in [0.717, 1.165) is 0 Å². The number of hydrogen-bond acceptors (Lipinski definition) is 1. The van der Waals surface area contributed by atoms with Gasteiger partial charge >= 0.3 is 0 Å². The first-order valence-electron chi connectivity index (χ1n) is 11.6. The van der Waals surface area contributed by atoms with Crippen molar-refractivity contribution >= 4 is 0 Å². The van der Waals surface area contributed by atoms with Gasteiger partial charge in [-0.2, -0.15) is 0 Å². The Morgan fingerprint density at radius 3 is 1.73 bits per heavy atom. The van der Waals surface area contributed by atoms with E-state index in [-0.39, 0.29) is 0 Å². The van der Waals surface area contributed by atoms with Crippen LogP contribution in [0.2, 0.25) is 0 Å². The predicted molar refractivity (Wildman–Crippen MR) is 116 cm³/mol. The summed E-state index contributed by atoms with van der Waals surface area (Å²) < 4.78 is 2.37. The Labute approximate surface area is 164 Å². The minimum atomic E-state index is 0.510. The highest BCUT2D eigenvalue weighted by atomic mass is 15.1. The summed E-state index contributed by atoms with van der Waals surface area (Å²) in [5.74, 6) is 2.58. The molecule has 152 valence electrons. The molecular weight excluding hydrogens is 316 g/mol. The predicted octanol–water partition coefficient (Wildman–Crippen LogP) is 8.29. The van der Waals surface area contributed by atoms with Crippen LogP contribution in [0.1, 0.15) is 136 Å². The van der Waals surface area contributed by atoms with Gasteiger partial charge in [-0.05, 0) is 26.2 Å². The number of aromatic nitrogens is 2. The minimum Gasteiger partial charge on any atom is -0.332 e. The molecule has 2 heteroatoms. The molecule has 1 unspecified atom stereocenters. The van der Waals surface area contributed by atoms with E-state index in [0.29, 0.717) is 17.9 Å². The summed E-state index contributed by atoms with van der Waals surface area (Å²) in [6.45, 7) is 11.5. The maximum atomic E-state index is 4.70. The molecule has 0 radical (unpaired) electrons. The molecule has 0 aromatic carbocycles. The van der Waals surface area contributed by atoms with E-state index in [9.17, 15) is 0 Å². The lowest BCUT2D eigenvalue weighted by Gasteiger charge is -2.23. The minimum absolute atomic E-state index is 0.510. The first-order valence-corrected chi connectivity index (χ1v) is 11.6. The Morgan fingerprint density at radius 2 is 1.27 bits per heavy atom. The zero-order valence-corrected chi connectivity index (χ0v) is 18.5. The summed E-state index contributed by atoms with van der Waals surface area (Å²) in [5, 5.41) is 0. The molecule has 1 aromatic rings. The molecule has 0 fully saturated rings. The topological polar surface area (TPSA) is 17.8 Å². The zero-order valence-electron chi connectivity index (χ0n) is 18.5. The Morgan fingerprint density at radius 1 is 0.769 bits per heavy atom. The number of imidazole rings is 1. The van der Waals surface area contributed by atoms with Gasteiger partial charge in [-0.25, -0.2) is 4.98 Å². The van der Waals surface area contributed by atoms with Gasteiger partial charge in [0.2, 0.25) is 0 Å². The van der Waals surface area contributed by atoms with Crippen LogP contribution in [0.5, 0.6) is 0 Å². The summed E-state index contributed by atoms with van der Waals surface area (Å²) in [6, 6.07) is 0.510. The van der Waals surface area contributed by atoms with E-state index in [1.807, 2.05) is 6.20 Å². The van der Waals surface area contributed by atoms with Crippen LogP contribution in [0.25, 0.3) is 0 Å². The van der Waals surface area contributed by atoms with Gasteiger partial charge in [0.15, 0.2) is 0 Å². The van der Waals surface area contributed by atoms with Crippen LogP contribution in [-0.2, 0) is 0 Å². The van der Waals surface area contributed by atoms with E-state index in [4.69, 9.17) is 4.98 Å². The fourth-order valence-electron chi connectivity index (χ4n) is 4.01. The fraction of sp³-hybridized carbons (Fsp3) is 0.875. The Bertz CT molecular complexity index is 433. The second-order valence-corrected chi connectivity index (χ2v) is 8.81. The lowest BCUT2D eigenvalue weighted by Crippen LogP contribution is -2.15. The van der Waals surface area contributed by atoms with Crippen LogP contribution >= 0.6 is 0 Å². The van der Waals surface area contributed by atoms with Crippen LogP contribution < -0.4 is 0 Å². The molecule has 0 saturated heterocycles. The number of hydrogen-bond donors (Lipinski definition) is 0. The largest absolute Gasteiger partial charge is 0.332 e. The lowest BCUT2D eigenvalue weighted by atomic mass is 9.89. The molecule has 0 aliphatic rings. The highest BCUT2D eigenvalue weighted by Gasteiger charge is 2.21. The van der Waals surface area contributed by atoms with Crippen LogP contribution in [0.15, 0.2) is 12.4 Å². The van der Waals surface area contributed by atoms with Crippen molar-refractivity contribution in [3.05, 3.63) is 18.2 Å². The summed E-state index contributed by atoms with van der Waals surface area (Å²) in [5.41, 5.74) is 0. The van der Waals surface area contributed by atoms with E-state index < -0.39 is 0 Å². The molecule has 1 aromatic heterocycles. The Hall–Kier alpha value is -0.790. The maximum Gasteiger partial charge on any atom is 0.112 e. The van der Waals surface area contributed by atoms with Gasteiger partial charge in [-0.15, -0.1) is 0 Å². The van der Waals surface area contributed by atoms with E-state index >= 15 is 0 Å². The summed E-state index contributed by atoms with van der Waals surface area (Å²) in [6.07, 6.45) is 22.5. The van der Waals surface area contributed by atoms with Crippen LogP contribution in [0.4, 0.5) is 0 Å². The third-order valence-corrected chi connectivity index (χ3v) is 5.76. The molecule has 0 amide bonds. The van der Waals surface area contributed by atoms with Gasteiger partial charge in [0.1, 0.15) is 5.82 Å². The van der Waals surface area contributed by atoms with Gasteiger partial charge in [0.05, 0.1) is 0 Å². The molecule has 0 aliphatic heterocycles. The molecule has 0 N–H and O–H groups in total. The van der Waals surface area contributed by atoms with Crippen LogP contribution in [-0.4, -0.2) is 9.55 Å². The van der Waals surface area contributed by atoms with Crippen molar-refractivity contribution in [3.63, 3.8) is 0 Å². The van der Waals surface area contributed by atoms with Crippen molar-refractivity contribution in [1.29, 1.82) is 0 Å². The van der Waals surface area contributed by atoms with Gasteiger partial charge < -0.3 is 4.57 Å². The Balaban J connectivity index is 2.12. The number of unbranched alkanes of at least 4 members (excludes halogenated alkanes) is 11. The molecule has 1 heterocycles. The maximum absolute atomic E-state index is 4.70. The van der Waals surface area contributed by atoms with Gasteiger partial charge in [0.25, 0.3) is 0 Å². The van der Waals surface area contributed by atoms with Crippen molar-refractivity contribution in [2.75, 3.05) is 0 Å². The number of nitrogens with zero attached hydrogens (tertiary/aromatic N) is 2. The number of rotatable bonds is 16. The molecular formula is C24H46N2. The van der Waals surface area contributed by atoms with Gasteiger partial charge in [0, 0.05) is 24.4 Å². The van der Waals surface area contributed by atoms with E-state index in [1.54, 1.807) is 0 Å². The normalized spacial score (nSPS) is 13.0. The van der Waals surface area contributed by atoms with Crippen molar-refractivity contribution in [2.24, 2.45) is 5.92 Å². The molecule has 0 saturated carbocycles. The van der Waals surface area contributed by atoms with Crippen molar-refractivity contribution in [1.82, 2.24) is 9.55 Å². The first-order chi connectivity index (χ1) is 12.6. The zero-order chi connectivity index (χ0) is 19.2. The monoisotopic (exact) mass is 362 g/mol. The second-order valence-electron chi connectivity index (χ2n) is 8.81. The fourth-order valence-corrected chi connectivity index (χ4v) is 4.01. The molecule has 0 aliphatic carbocycles. The van der Waals surface area contributed by atoms with Crippen LogP contribution in [0, 0.1) is 5.92 Å². The van der Waals surface area contributed by atoms with Crippen molar-refractivity contribution in [2.45, 2.75) is 130 Å². The average molecular weight is 363 g/mol.